The first-order chi connectivity index (χ1) is 11.2. The van der Waals surface area contributed by atoms with Crippen molar-refractivity contribution in [2.75, 3.05) is 5.32 Å². The fourth-order valence-corrected chi connectivity index (χ4v) is 2.30. The smallest absolute Gasteiger partial charge is 0.273 e. The van der Waals surface area contributed by atoms with Crippen LogP contribution in [0.1, 0.15) is 16.1 Å². The number of benzene rings is 2. The van der Waals surface area contributed by atoms with Crippen LogP contribution in [0.5, 0.6) is 0 Å². The normalized spacial score (nSPS) is 10.1. The Hall–Kier alpha value is -2.91. The number of H-pyrrole nitrogens is 1. The van der Waals surface area contributed by atoms with E-state index in [4.69, 9.17) is 5.26 Å². The van der Waals surface area contributed by atoms with Crippen LogP contribution in [-0.4, -0.2) is 16.1 Å². The van der Waals surface area contributed by atoms with Crippen LogP contribution in [0.25, 0.3) is 11.3 Å². The van der Waals surface area contributed by atoms with Gasteiger partial charge in [-0.3, -0.25) is 9.89 Å². The molecule has 0 unspecified atom stereocenters. The van der Waals surface area contributed by atoms with Crippen molar-refractivity contribution < 1.29 is 4.79 Å². The molecule has 0 saturated carbocycles. The second kappa shape index (κ2) is 6.46. The molecule has 23 heavy (non-hydrogen) atoms. The second-order valence-corrected chi connectivity index (χ2v) is 5.73. The molecule has 0 aliphatic carbocycles. The molecule has 0 atom stereocenters. The zero-order chi connectivity index (χ0) is 16.2. The third-order valence-electron chi connectivity index (χ3n) is 3.23. The van der Waals surface area contributed by atoms with Gasteiger partial charge >= 0.3 is 0 Å². The summed E-state index contributed by atoms with van der Waals surface area (Å²) in [7, 11) is 0. The highest BCUT2D eigenvalue weighted by Crippen LogP contribution is 2.21. The lowest BCUT2D eigenvalue weighted by Crippen LogP contribution is -2.12. The Balaban J connectivity index is 1.75. The van der Waals surface area contributed by atoms with Crippen molar-refractivity contribution in [3.8, 4) is 17.3 Å². The predicted molar refractivity (Wildman–Crippen MR) is 90.8 cm³/mol. The fraction of sp³-hybridized carbons (Fsp3) is 0. The molecule has 0 spiro atoms. The summed E-state index contributed by atoms with van der Waals surface area (Å²) in [6.07, 6.45) is 0. The van der Waals surface area contributed by atoms with Gasteiger partial charge in [-0.2, -0.15) is 10.4 Å². The number of nitrogens with one attached hydrogen (secondary N) is 2. The summed E-state index contributed by atoms with van der Waals surface area (Å²) in [5, 5.41) is 18.4. The molecule has 0 aliphatic heterocycles. The van der Waals surface area contributed by atoms with Crippen molar-refractivity contribution in [1.82, 2.24) is 10.2 Å². The SMILES string of the molecule is N#Cc1ccc(NC(=O)c2cc(-c3ccc(Br)cc3)n[nH]2)cc1. The molecule has 0 fully saturated rings. The van der Waals surface area contributed by atoms with E-state index >= 15 is 0 Å². The number of halogens is 1. The van der Waals surface area contributed by atoms with E-state index in [0.29, 0.717) is 22.6 Å². The minimum absolute atomic E-state index is 0.287. The highest BCUT2D eigenvalue weighted by Gasteiger charge is 2.11. The Kier molecular flexibility index (Phi) is 4.22. The third kappa shape index (κ3) is 3.47. The van der Waals surface area contributed by atoms with Gasteiger partial charge in [0.15, 0.2) is 0 Å². The maximum Gasteiger partial charge on any atom is 0.273 e. The van der Waals surface area contributed by atoms with Gasteiger partial charge in [-0.15, -0.1) is 0 Å². The van der Waals surface area contributed by atoms with Crippen LogP contribution in [0.2, 0.25) is 0 Å². The lowest BCUT2D eigenvalue weighted by Gasteiger charge is -2.02. The van der Waals surface area contributed by atoms with E-state index in [1.807, 2.05) is 30.3 Å². The molecule has 1 aromatic heterocycles. The first-order valence-electron chi connectivity index (χ1n) is 6.78. The standard InChI is InChI=1S/C17H11BrN4O/c18-13-5-3-12(4-6-13)15-9-16(22-21-15)17(23)20-14-7-1-11(10-19)2-8-14/h1-9H,(H,20,23)(H,21,22). The number of aromatic nitrogens is 2. The Labute approximate surface area is 141 Å². The number of hydrogen-bond donors (Lipinski definition) is 2. The first kappa shape index (κ1) is 15.0. The summed E-state index contributed by atoms with van der Waals surface area (Å²) in [4.78, 5) is 12.2. The molecule has 3 rings (SSSR count). The van der Waals surface area contributed by atoms with E-state index in [2.05, 4.69) is 31.4 Å². The maximum absolute atomic E-state index is 12.2. The van der Waals surface area contributed by atoms with E-state index in [1.165, 1.54) is 0 Å². The summed E-state index contributed by atoms with van der Waals surface area (Å²) in [5.74, 6) is -0.287. The zero-order valence-corrected chi connectivity index (χ0v) is 13.5. The molecule has 0 saturated heterocycles. The highest BCUT2D eigenvalue weighted by molar-refractivity contribution is 9.10. The largest absolute Gasteiger partial charge is 0.321 e. The summed E-state index contributed by atoms with van der Waals surface area (Å²) in [6, 6.07) is 18.1. The molecule has 0 bridgehead atoms. The number of anilines is 1. The van der Waals surface area contributed by atoms with E-state index in [1.54, 1.807) is 30.3 Å². The molecule has 3 aromatic rings. The van der Waals surface area contributed by atoms with Crippen molar-refractivity contribution in [2.24, 2.45) is 0 Å². The highest BCUT2D eigenvalue weighted by atomic mass is 79.9. The van der Waals surface area contributed by atoms with Crippen molar-refractivity contribution >= 4 is 27.5 Å². The molecule has 2 N–H and O–H groups in total. The number of nitriles is 1. The number of carbonyl (C=O) groups excluding carboxylic acids is 1. The minimum Gasteiger partial charge on any atom is -0.321 e. The lowest BCUT2D eigenvalue weighted by atomic mass is 10.1. The maximum atomic E-state index is 12.2. The molecule has 0 radical (unpaired) electrons. The Morgan fingerprint density at radius 3 is 2.48 bits per heavy atom. The topological polar surface area (TPSA) is 81.6 Å². The molecular formula is C17H11BrN4O. The zero-order valence-electron chi connectivity index (χ0n) is 11.9. The summed E-state index contributed by atoms with van der Waals surface area (Å²) in [5.41, 5.74) is 3.15. The van der Waals surface area contributed by atoms with Gasteiger partial charge in [-0.05, 0) is 42.5 Å². The number of nitrogens with zero attached hydrogens (tertiary/aromatic N) is 2. The molecule has 112 valence electrons. The fourth-order valence-electron chi connectivity index (χ4n) is 2.03. The van der Waals surface area contributed by atoms with E-state index in [9.17, 15) is 4.79 Å². The van der Waals surface area contributed by atoms with Crippen molar-refractivity contribution in [3.63, 3.8) is 0 Å². The van der Waals surface area contributed by atoms with Crippen LogP contribution in [0.15, 0.2) is 59.1 Å². The van der Waals surface area contributed by atoms with Gasteiger partial charge in [0.2, 0.25) is 0 Å². The van der Waals surface area contributed by atoms with E-state index in [-0.39, 0.29) is 5.91 Å². The van der Waals surface area contributed by atoms with Crippen LogP contribution >= 0.6 is 15.9 Å². The van der Waals surface area contributed by atoms with Gasteiger partial charge in [0, 0.05) is 15.7 Å². The van der Waals surface area contributed by atoms with Crippen molar-refractivity contribution in [1.29, 1.82) is 5.26 Å². The summed E-state index contributed by atoms with van der Waals surface area (Å²) >= 11 is 3.38. The van der Waals surface area contributed by atoms with E-state index in [0.717, 1.165) is 10.0 Å². The number of carbonyl (C=O) groups is 1. The Morgan fingerprint density at radius 1 is 1.13 bits per heavy atom. The molecule has 0 aliphatic rings. The molecule has 5 nitrogen and oxygen atoms in total. The van der Waals surface area contributed by atoms with Crippen LogP contribution < -0.4 is 5.32 Å². The average molecular weight is 367 g/mol. The van der Waals surface area contributed by atoms with Gasteiger partial charge in [0.25, 0.3) is 5.91 Å². The van der Waals surface area contributed by atoms with Gasteiger partial charge < -0.3 is 5.32 Å². The predicted octanol–water partition coefficient (Wildman–Crippen LogP) is 3.96. The lowest BCUT2D eigenvalue weighted by molar-refractivity contribution is 0.102. The number of amides is 1. The Morgan fingerprint density at radius 2 is 1.83 bits per heavy atom. The summed E-state index contributed by atoms with van der Waals surface area (Å²) < 4.78 is 0.982. The number of aromatic amines is 1. The van der Waals surface area contributed by atoms with Crippen molar-refractivity contribution in [2.45, 2.75) is 0 Å². The average Bonchev–Trinajstić information content (AvgIpc) is 3.06. The van der Waals surface area contributed by atoms with Crippen LogP contribution in [-0.2, 0) is 0 Å². The molecule has 1 amide bonds. The summed E-state index contributed by atoms with van der Waals surface area (Å²) in [6.45, 7) is 0. The van der Waals surface area contributed by atoms with Crippen LogP contribution in [0.3, 0.4) is 0 Å². The van der Waals surface area contributed by atoms with E-state index < -0.39 is 0 Å². The third-order valence-corrected chi connectivity index (χ3v) is 3.76. The van der Waals surface area contributed by atoms with Gasteiger partial charge in [0.05, 0.1) is 17.3 Å². The second-order valence-electron chi connectivity index (χ2n) is 4.82. The van der Waals surface area contributed by atoms with Gasteiger partial charge in [-0.1, -0.05) is 28.1 Å². The van der Waals surface area contributed by atoms with Crippen LogP contribution in [0.4, 0.5) is 5.69 Å². The monoisotopic (exact) mass is 366 g/mol. The molecule has 6 heteroatoms. The van der Waals surface area contributed by atoms with Crippen LogP contribution in [0, 0.1) is 11.3 Å². The molecule has 2 aromatic carbocycles. The minimum atomic E-state index is -0.287. The van der Waals surface area contributed by atoms with Gasteiger partial charge in [0.1, 0.15) is 5.69 Å². The molecule has 1 heterocycles. The van der Waals surface area contributed by atoms with Gasteiger partial charge in [-0.25, -0.2) is 0 Å². The quantitative estimate of drug-likeness (QED) is 0.735. The van der Waals surface area contributed by atoms with Crippen molar-refractivity contribution in [3.05, 3.63) is 70.3 Å². The number of rotatable bonds is 3. The molecular weight excluding hydrogens is 356 g/mol. The first-order valence-corrected chi connectivity index (χ1v) is 7.58. The number of hydrogen-bond acceptors (Lipinski definition) is 3. The Bertz CT molecular complexity index is 876.